The topological polar surface area (TPSA) is 72.5 Å². The molecule has 7 heteroatoms. The van der Waals surface area contributed by atoms with Crippen LogP contribution in [0, 0.1) is 6.92 Å². The van der Waals surface area contributed by atoms with Crippen LogP contribution in [-0.2, 0) is 20.2 Å². The van der Waals surface area contributed by atoms with Crippen molar-refractivity contribution in [2.75, 3.05) is 11.8 Å². The van der Waals surface area contributed by atoms with Crippen molar-refractivity contribution in [3.8, 4) is 0 Å². The van der Waals surface area contributed by atoms with Crippen LogP contribution in [0.25, 0.3) is 0 Å². The molecule has 1 aromatic carbocycles. The van der Waals surface area contributed by atoms with Gasteiger partial charge in [-0.1, -0.05) is 38.5 Å². The minimum Gasteiger partial charge on any atom is -0.465 e. The second-order valence-electron chi connectivity index (χ2n) is 6.51. The molecule has 1 aromatic heterocycles. The fourth-order valence-electron chi connectivity index (χ4n) is 2.00. The van der Waals surface area contributed by atoms with Crippen molar-refractivity contribution in [2.24, 2.45) is 0 Å². The fraction of sp³-hybridized carbons (Fsp3) is 0.353. The summed E-state index contributed by atoms with van der Waals surface area (Å²) >= 11 is 1.24. The first kappa shape index (κ1) is 18.5. The van der Waals surface area contributed by atoms with E-state index >= 15 is 0 Å². The largest absolute Gasteiger partial charge is 0.465 e. The van der Waals surface area contributed by atoms with Crippen molar-refractivity contribution < 1.29 is 17.9 Å². The lowest BCUT2D eigenvalue weighted by Crippen LogP contribution is -2.15. The summed E-state index contributed by atoms with van der Waals surface area (Å²) in [6.45, 7) is 7.88. The summed E-state index contributed by atoms with van der Waals surface area (Å²) in [5.41, 5.74) is 1.01. The second kappa shape index (κ2) is 6.57. The Morgan fingerprint density at radius 2 is 1.75 bits per heavy atom. The molecule has 0 bridgehead atoms. The van der Waals surface area contributed by atoms with E-state index in [1.807, 2.05) is 27.7 Å². The molecule has 0 fully saturated rings. The summed E-state index contributed by atoms with van der Waals surface area (Å²) in [7, 11) is -2.50. The molecular formula is C17H21NO4S2. The number of hydrogen-bond donors (Lipinski definition) is 1. The molecule has 24 heavy (non-hydrogen) atoms. The van der Waals surface area contributed by atoms with Crippen molar-refractivity contribution in [3.05, 3.63) is 45.6 Å². The van der Waals surface area contributed by atoms with Crippen molar-refractivity contribution in [1.82, 2.24) is 0 Å². The van der Waals surface area contributed by atoms with Crippen LogP contribution in [0.5, 0.6) is 0 Å². The molecule has 0 saturated carbocycles. The molecule has 0 unspecified atom stereocenters. The van der Waals surface area contributed by atoms with E-state index in [1.165, 1.54) is 30.6 Å². The Morgan fingerprint density at radius 1 is 1.17 bits per heavy atom. The Hall–Kier alpha value is -1.86. The average Bonchev–Trinajstić information content (AvgIpc) is 2.90. The predicted molar refractivity (Wildman–Crippen MR) is 96.3 cm³/mol. The van der Waals surface area contributed by atoms with E-state index in [4.69, 9.17) is 4.74 Å². The standard InChI is InChI=1S/C17H21NO4S2/c1-11-6-8-12(9-7-11)24(20,21)18-13-10-14(17(2,3)4)23-15(13)16(19)22-5/h6-10,18H,1-5H3. The Bertz CT molecular complexity index is 844. The highest BCUT2D eigenvalue weighted by atomic mass is 32.2. The van der Waals surface area contributed by atoms with E-state index in [9.17, 15) is 13.2 Å². The fourth-order valence-corrected chi connectivity index (χ4v) is 4.22. The number of carbonyl (C=O) groups excluding carboxylic acids is 1. The first-order valence-electron chi connectivity index (χ1n) is 7.37. The summed E-state index contributed by atoms with van der Waals surface area (Å²) in [4.78, 5) is 13.3. The summed E-state index contributed by atoms with van der Waals surface area (Å²) in [5.74, 6) is -0.558. The lowest BCUT2D eigenvalue weighted by Gasteiger charge is -2.15. The number of hydrogen-bond acceptors (Lipinski definition) is 5. The maximum absolute atomic E-state index is 12.6. The van der Waals surface area contributed by atoms with Gasteiger partial charge in [-0.25, -0.2) is 13.2 Å². The zero-order valence-corrected chi connectivity index (χ0v) is 16.0. The van der Waals surface area contributed by atoms with Gasteiger partial charge in [0.2, 0.25) is 0 Å². The Kier molecular flexibility index (Phi) is 5.05. The van der Waals surface area contributed by atoms with E-state index in [0.717, 1.165) is 10.4 Å². The van der Waals surface area contributed by atoms with Crippen LogP contribution in [-0.4, -0.2) is 21.5 Å². The van der Waals surface area contributed by atoms with Gasteiger partial charge in [-0.2, -0.15) is 0 Å². The Morgan fingerprint density at radius 3 is 2.25 bits per heavy atom. The first-order valence-corrected chi connectivity index (χ1v) is 9.66. The van der Waals surface area contributed by atoms with Gasteiger partial charge in [0.25, 0.3) is 10.0 Å². The van der Waals surface area contributed by atoms with Gasteiger partial charge in [-0.15, -0.1) is 11.3 Å². The Balaban J connectivity index is 2.46. The number of methoxy groups -OCH3 is 1. The predicted octanol–water partition coefficient (Wildman–Crippen LogP) is 3.94. The van der Waals surface area contributed by atoms with Crippen LogP contribution in [0.2, 0.25) is 0 Å². The molecular weight excluding hydrogens is 346 g/mol. The third-order valence-corrected chi connectivity index (χ3v) is 6.34. The maximum atomic E-state index is 12.6. The van der Waals surface area contributed by atoms with Crippen LogP contribution in [0.4, 0.5) is 5.69 Å². The summed E-state index contributed by atoms with van der Waals surface area (Å²) < 4.78 is 32.4. The number of ether oxygens (including phenoxy) is 1. The third kappa shape index (κ3) is 3.96. The number of esters is 1. The molecule has 0 aliphatic heterocycles. The zero-order valence-electron chi connectivity index (χ0n) is 14.3. The third-order valence-electron chi connectivity index (χ3n) is 3.42. The molecule has 2 rings (SSSR count). The number of nitrogens with one attached hydrogen (secondary N) is 1. The molecule has 0 atom stereocenters. The normalized spacial score (nSPS) is 12.0. The molecule has 0 amide bonds. The highest BCUT2D eigenvalue weighted by Crippen LogP contribution is 2.36. The number of anilines is 1. The average molecular weight is 367 g/mol. The minimum atomic E-state index is -3.78. The molecule has 2 aromatic rings. The van der Waals surface area contributed by atoms with Crippen LogP contribution in [0.1, 0.15) is 40.9 Å². The number of sulfonamides is 1. The van der Waals surface area contributed by atoms with Crippen LogP contribution in [0.15, 0.2) is 35.2 Å². The van der Waals surface area contributed by atoms with Gasteiger partial charge in [-0.3, -0.25) is 4.72 Å². The molecule has 5 nitrogen and oxygen atoms in total. The highest BCUT2D eigenvalue weighted by Gasteiger charge is 2.26. The van der Waals surface area contributed by atoms with Gasteiger partial charge in [0, 0.05) is 4.88 Å². The summed E-state index contributed by atoms with van der Waals surface area (Å²) in [5, 5.41) is 0. The molecule has 130 valence electrons. The number of carbonyl (C=O) groups is 1. The molecule has 0 spiro atoms. The lowest BCUT2D eigenvalue weighted by atomic mass is 9.95. The number of rotatable bonds is 4. The van der Waals surface area contributed by atoms with E-state index in [1.54, 1.807) is 18.2 Å². The zero-order chi connectivity index (χ0) is 18.1. The van der Waals surface area contributed by atoms with Gasteiger partial charge in [0.1, 0.15) is 4.88 Å². The van der Waals surface area contributed by atoms with Crippen LogP contribution < -0.4 is 4.72 Å². The summed E-state index contributed by atoms with van der Waals surface area (Å²) in [6.07, 6.45) is 0. The Labute approximate surface area is 146 Å². The highest BCUT2D eigenvalue weighted by molar-refractivity contribution is 7.92. The van der Waals surface area contributed by atoms with Gasteiger partial charge in [-0.05, 0) is 30.5 Å². The maximum Gasteiger partial charge on any atom is 0.350 e. The number of aryl methyl sites for hydroxylation is 1. The smallest absolute Gasteiger partial charge is 0.350 e. The van der Waals surface area contributed by atoms with Gasteiger partial charge in [0.15, 0.2) is 0 Å². The van der Waals surface area contributed by atoms with Crippen molar-refractivity contribution in [2.45, 2.75) is 38.0 Å². The van der Waals surface area contributed by atoms with Gasteiger partial charge < -0.3 is 4.74 Å². The van der Waals surface area contributed by atoms with Crippen molar-refractivity contribution in [3.63, 3.8) is 0 Å². The molecule has 1 N–H and O–H groups in total. The van der Waals surface area contributed by atoms with E-state index < -0.39 is 16.0 Å². The van der Waals surface area contributed by atoms with E-state index in [2.05, 4.69) is 4.72 Å². The van der Waals surface area contributed by atoms with Crippen LogP contribution >= 0.6 is 11.3 Å². The molecule has 1 heterocycles. The van der Waals surface area contributed by atoms with Gasteiger partial charge in [0.05, 0.1) is 17.7 Å². The quantitative estimate of drug-likeness (QED) is 0.831. The number of thiophene rings is 1. The SMILES string of the molecule is COC(=O)c1sc(C(C)(C)C)cc1NS(=O)(=O)c1ccc(C)cc1. The molecule has 0 saturated heterocycles. The number of benzene rings is 1. The molecule has 0 aliphatic rings. The second-order valence-corrected chi connectivity index (χ2v) is 9.25. The monoisotopic (exact) mass is 367 g/mol. The van der Waals surface area contributed by atoms with Crippen molar-refractivity contribution >= 4 is 33.0 Å². The molecule has 0 radical (unpaired) electrons. The minimum absolute atomic E-state index is 0.146. The van der Waals surface area contributed by atoms with E-state index in [0.29, 0.717) is 0 Å². The first-order chi connectivity index (χ1) is 11.0. The molecule has 0 aliphatic carbocycles. The van der Waals surface area contributed by atoms with Crippen molar-refractivity contribution in [1.29, 1.82) is 0 Å². The van der Waals surface area contributed by atoms with Gasteiger partial charge >= 0.3 is 5.97 Å². The lowest BCUT2D eigenvalue weighted by molar-refractivity contribution is 0.0607. The summed E-state index contributed by atoms with van der Waals surface area (Å²) in [6, 6.07) is 8.22. The van der Waals surface area contributed by atoms with E-state index in [-0.39, 0.29) is 20.9 Å². The van der Waals surface area contributed by atoms with Crippen LogP contribution in [0.3, 0.4) is 0 Å².